The topological polar surface area (TPSA) is 507 Å². The number of ether oxygens (including phenoxy) is 12. The number of carbonyl (C=O) groups is 15. The van der Waals surface area contributed by atoms with Crippen molar-refractivity contribution in [1.82, 2.24) is 20.9 Å². The lowest BCUT2D eigenvalue weighted by atomic mass is 9.97. The van der Waals surface area contributed by atoms with Crippen LogP contribution in [-0.4, -0.2) is 351 Å². The van der Waals surface area contributed by atoms with Crippen LogP contribution in [0.5, 0.6) is 0 Å². The van der Waals surface area contributed by atoms with Crippen molar-refractivity contribution in [2.75, 3.05) is 202 Å². The molecule has 3 amide bonds. The fourth-order valence-corrected chi connectivity index (χ4v) is 13.0. The highest BCUT2D eigenvalue weighted by Crippen LogP contribution is 2.28. The summed E-state index contributed by atoms with van der Waals surface area (Å²) in [5, 5.41) is 55.4. The van der Waals surface area contributed by atoms with E-state index < -0.39 is 70.0 Å². The van der Waals surface area contributed by atoms with Gasteiger partial charge in [-0.2, -0.15) is 47.0 Å². The molecule has 0 bridgehead atoms. The molecule has 0 aliphatic heterocycles. The van der Waals surface area contributed by atoms with E-state index in [1.807, 2.05) is 83.3 Å². The summed E-state index contributed by atoms with van der Waals surface area (Å²) in [6.07, 6.45) is 1.83. The van der Waals surface area contributed by atoms with Crippen LogP contribution < -0.4 is 32.9 Å². The highest BCUT2D eigenvalue weighted by Gasteiger charge is 2.33. The minimum absolute atomic E-state index is 0. The zero-order chi connectivity index (χ0) is 106. The van der Waals surface area contributed by atoms with Crippen LogP contribution in [0.2, 0.25) is 0 Å². The van der Waals surface area contributed by atoms with E-state index in [9.17, 15) is 92.3 Å². The Hall–Kier alpha value is -6.35. The van der Waals surface area contributed by atoms with Gasteiger partial charge in [0.05, 0.1) is 140 Å². The molecule has 8 N–H and O–H groups in total. The van der Waals surface area contributed by atoms with Gasteiger partial charge in [0, 0.05) is 83.4 Å². The van der Waals surface area contributed by atoms with Crippen LogP contribution in [0, 0.1) is 63.1 Å². The van der Waals surface area contributed by atoms with Crippen LogP contribution >= 0.6 is 47.0 Å². The van der Waals surface area contributed by atoms with Crippen LogP contribution in [0.25, 0.3) is 0 Å². The second kappa shape index (κ2) is 85.4. The first-order chi connectivity index (χ1) is 62.7. The Morgan fingerprint density at radius 3 is 0.691 bits per heavy atom. The van der Waals surface area contributed by atoms with E-state index in [-0.39, 0.29) is 209 Å². The first-order valence-electron chi connectivity index (χ1n) is 46.3. The average molecular weight is 2100 g/mol. The lowest BCUT2D eigenvalue weighted by Gasteiger charge is -2.24. The molecule has 11 unspecified atom stereocenters. The zero-order valence-electron chi connectivity index (χ0n) is 87.8. The number of thioether (sulfide) groups is 4. The lowest BCUT2D eigenvalue weighted by Crippen LogP contribution is -3.00. The fourth-order valence-electron chi connectivity index (χ4n) is 8.63. The van der Waals surface area contributed by atoms with Gasteiger partial charge in [-0.1, -0.05) is 96.9 Å². The molecule has 0 radical (unpaired) electrons. The van der Waals surface area contributed by atoms with Crippen molar-refractivity contribution >= 4 is 136 Å². The van der Waals surface area contributed by atoms with E-state index >= 15 is 0 Å². The highest BCUT2D eigenvalue weighted by atomic mass is 79.9. The summed E-state index contributed by atoms with van der Waals surface area (Å²) < 4.78 is 59.2. The maximum absolute atomic E-state index is 11.6. The molecular weight excluding hydrogens is 1920 g/mol. The summed E-state index contributed by atoms with van der Waals surface area (Å²) in [5.41, 5.74) is -2.45. The van der Waals surface area contributed by atoms with Crippen molar-refractivity contribution < 1.29 is 176 Å². The van der Waals surface area contributed by atoms with E-state index in [1.54, 1.807) is 83.1 Å². The molecule has 0 spiro atoms. The molecule has 0 aromatic rings. The number of quaternary nitrogens is 1. The molecule has 0 aromatic heterocycles. The summed E-state index contributed by atoms with van der Waals surface area (Å²) in [4.78, 5) is 174. The third-order valence-electron chi connectivity index (χ3n) is 19.6. The van der Waals surface area contributed by atoms with Crippen LogP contribution in [-0.2, 0) is 129 Å². The van der Waals surface area contributed by atoms with E-state index in [2.05, 4.69) is 42.0 Å². The zero-order valence-corrected chi connectivity index (χ0v) is 92.7. The molecule has 802 valence electrons. The maximum Gasteiger partial charge on any atom is 0.312 e. The van der Waals surface area contributed by atoms with Crippen LogP contribution in [0.1, 0.15) is 223 Å². The number of nitrogens with one attached hydrogen (secondary N) is 3. The molecular formula is C94H178BrN5O32S4. The first kappa shape index (κ1) is 145. The van der Waals surface area contributed by atoms with Gasteiger partial charge in [0.1, 0.15) is 77.3 Å². The number of esters is 12. The van der Waals surface area contributed by atoms with Gasteiger partial charge in [0.15, 0.2) is 0 Å². The van der Waals surface area contributed by atoms with E-state index in [4.69, 9.17) is 61.9 Å². The average Bonchev–Trinajstić information content (AvgIpc) is 0.900. The Balaban J connectivity index is -0.000000239. The number of likely N-dealkylation sites (N-methyl/N-ethyl adjacent to an activating group) is 2. The molecule has 0 saturated carbocycles. The number of amides is 3. The molecule has 42 heteroatoms. The summed E-state index contributed by atoms with van der Waals surface area (Å²) >= 11 is 5.81. The Morgan fingerprint density at radius 1 is 0.324 bits per heavy atom. The molecule has 0 saturated heterocycles. The second-order valence-electron chi connectivity index (χ2n) is 36.2. The third-order valence-corrected chi connectivity index (χ3v) is 25.3. The van der Waals surface area contributed by atoms with Crippen molar-refractivity contribution in [1.29, 1.82) is 0 Å². The number of aliphatic hydroxyl groups is 5. The number of aliphatic hydroxyl groups excluding tert-OH is 5. The molecule has 11 atom stereocenters. The number of methoxy groups -OCH3 is 4. The molecule has 37 nitrogen and oxygen atoms in total. The van der Waals surface area contributed by atoms with E-state index in [1.165, 1.54) is 75.5 Å². The SMILES string of the molecule is CCC(C)C(=O)NCCN(C)C.CCC(C)C(=O)NCCO.CCC(C)C(=O)NCC[N+](C)(C)C.CCC(C)C(=O)OCC(O)COC(=O)CCSCC(C)(C)C(=O)OC.CCC(C)C(=O)OCC(O)COC(=O)CCSCC(C)(C)C(=O)OC.CCC(C)C(=O)OCC(O)COC(=O)CCSCC(C)(C)C(=O)OC.CCC(C)C(=O)OCC(O)COC(=O)CCSCC(C)(C)C(=O)OC.[Br-]. The van der Waals surface area contributed by atoms with Crippen LogP contribution in [0.4, 0.5) is 0 Å². The molecule has 0 aliphatic rings. The number of nitrogens with zero attached hydrogens (tertiary/aromatic N) is 2. The number of hydrogen-bond donors (Lipinski definition) is 8. The van der Waals surface area contributed by atoms with Gasteiger partial charge in [-0.05, 0) is 114 Å². The summed E-state index contributed by atoms with van der Waals surface area (Å²) in [5.74, 6) is -0.534. The Kier molecular flexibility index (Phi) is 91.1. The van der Waals surface area contributed by atoms with Crippen molar-refractivity contribution in [3.63, 3.8) is 0 Å². The molecule has 0 heterocycles. The van der Waals surface area contributed by atoms with E-state index in [0.29, 0.717) is 78.3 Å². The van der Waals surface area contributed by atoms with Gasteiger partial charge >= 0.3 is 71.6 Å². The Bertz CT molecular complexity index is 2960. The van der Waals surface area contributed by atoms with Gasteiger partial charge in [0.2, 0.25) is 17.7 Å². The van der Waals surface area contributed by atoms with Crippen molar-refractivity contribution in [3.05, 3.63) is 0 Å². The Labute approximate surface area is 840 Å². The largest absolute Gasteiger partial charge is 1.00 e. The molecule has 0 aromatic carbocycles. The molecule has 136 heavy (non-hydrogen) atoms. The monoisotopic (exact) mass is 2100 g/mol. The number of hydrogen-bond acceptors (Lipinski definition) is 37. The third kappa shape index (κ3) is 83.4. The number of rotatable bonds is 62. The van der Waals surface area contributed by atoms with Crippen LogP contribution in [0.15, 0.2) is 0 Å². The van der Waals surface area contributed by atoms with Crippen molar-refractivity contribution in [3.8, 4) is 0 Å². The quantitative estimate of drug-likeness (QED) is 0.0152. The summed E-state index contributed by atoms with van der Waals surface area (Å²) in [6.45, 7) is 42.6. The van der Waals surface area contributed by atoms with E-state index in [0.717, 1.165) is 49.9 Å². The minimum Gasteiger partial charge on any atom is -1.00 e. The molecule has 0 fully saturated rings. The number of halogens is 1. The van der Waals surface area contributed by atoms with Crippen molar-refractivity contribution in [2.45, 2.75) is 247 Å². The lowest BCUT2D eigenvalue weighted by molar-refractivity contribution is -0.869. The summed E-state index contributed by atoms with van der Waals surface area (Å²) in [6, 6.07) is 0. The van der Waals surface area contributed by atoms with Gasteiger partial charge in [-0.25, -0.2) is 0 Å². The normalized spacial score (nSPS) is 13.5. The molecule has 0 aliphatic carbocycles. The first-order valence-corrected chi connectivity index (χ1v) is 50.9. The highest BCUT2D eigenvalue weighted by molar-refractivity contribution is 8.00. The Morgan fingerprint density at radius 2 is 0.515 bits per heavy atom. The van der Waals surface area contributed by atoms with Gasteiger partial charge < -0.3 is 125 Å². The van der Waals surface area contributed by atoms with Gasteiger partial charge in [0.25, 0.3) is 0 Å². The molecule has 0 rings (SSSR count). The maximum atomic E-state index is 11.6. The summed E-state index contributed by atoms with van der Waals surface area (Å²) in [7, 11) is 15.7. The fraction of sp³-hybridized carbons (Fsp3) is 0.840. The predicted octanol–water partition coefficient (Wildman–Crippen LogP) is 5.92. The second-order valence-corrected chi connectivity index (χ2v) is 40.6. The van der Waals surface area contributed by atoms with Gasteiger partial charge in [-0.3, -0.25) is 71.9 Å². The van der Waals surface area contributed by atoms with Gasteiger partial charge in [-0.15, -0.1) is 0 Å². The standard InChI is InChI=1S/4C17H30O7S.C10H22N2O.C9H20N2O.C7H15NO2.BrH/c4*1-6-12(2)15(20)24-10-13(18)9-23-14(19)7-8-25-11-17(3,4)16(21)22-5;1-6-9(2)10(13)11-7-8-12(3,4)5;1-5-8(2)9(12)10-6-7-11(3)4;1-3-6(2)7(10)8-4-5-9;/h4*12-13,18H,6-11H2,1-5H3;9H,6-8H2,1-5H3;8H,5-7H2,1-4H3,(H,10,12);6,9H,3-5H2,1-2H3,(H,8,10);1H. The van der Waals surface area contributed by atoms with Crippen molar-refractivity contribution in [2.24, 2.45) is 63.1 Å². The predicted molar refractivity (Wildman–Crippen MR) is 526 cm³/mol. The smallest absolute Gasteiger partial charge is 0.312 e. The minimum atomic E-state index is -1.04. The van der Waals surface area contributed by atoms with Crippen LogP contribution in [0.3, 0.4) is 0 Å². The number of carbonyl (C=O) groups excluding carboxylic acids is 15.